The largest absolute Gasteiger partial charge is 3.00 e. The van der Waals surface area contributed by atoms with Crippen LogP contribution in [-0.4, -0.2) is 43.8 Å². The normalized spacial score (nSPS) is 9.62. The zero-order valence-corrected chi connectivity index (χ0v) is 25.7. The minimum atomic E-state index is -0.916. The molecule has 0 saturated heterocycles. The third kappa shape index (κ3) is 52.9. The summed E-state index contributed by atoms with van der Waals surface area (Å²) in [6.07, 6.45) is 20.9. The maximum atomic E-state index is 9.98. The van der Waals surface area contributed by atoms with Crippen LogP contribution in [-0.2, 0) is 14.4 Å². The second-order valence-electron chi connectivity index (χ2n) is 8.67. The van der Waals surface area contributed by atoms with Crippen molar-refractivity contribution in [2.45, 2.75) is 156 Å². The number of rotatable bonds is 21. The molecule has 0 aromatic rings. The summed E-state index contributed by atoms with van der Waals surface area (Å²) in [7, 11) is 0. The maximum Gasteiger partial charge on any atom is 3.00 e. The summed E-state index contributed by atoms with van der Waals surface area (Å²) < 4.78 is 0. The van der Waals surface area contributed by atoms with E-state index in [4.69, 9.17) is 0 Å². The fourth-order valence-corrected chi connectivity index (χ4v) is 3.15. The monoisotopic (exact) mass is 586 g/mol. The van der Waals surface area contributed by atoms with Crippen molar-refractivity contribution in [1.29, 1.82) is 0 Å². The van der Waals surface area contributed by atoms with Gasteiger partial charge < -0.3 is 29.7 Å². The molecule has 0 saturated carbocycles. The first-order chi connectivity index (χ1) is 15.8. The molecular weight excluding hydrogens is 535 g/mol. The molecule has 0 aromatic carbocycles. The van der Waals surface area contributed by atoms with Crippen LogP contribution in [0.2, 0.25) is 0 Å². The molecule has 0 rings (SSSR count). The van der Waals surface area contributed by atoms with E-state index in [1.807, 2.05) is 0 Å². The Morgan fingerprint density at radius 3 is 0.735 bits per heavy atom. The first-order valence-corrected chi connectivity index (χ1v) is 13.4. The second-order valence-corrected chi connectivity index (χ2v) is 8.67. The molecule has 0 aliphatic heterocycles. The SMILES string of the molecule is CCCCCCCCC(=O)[O-].CCCCCCCCC(=O)[O-].CCCCCCCCC(=O)[O-].[In+3]. The van der Waals surface area contributed by atoms with Gasteiger partial charge in [-0.2, -0.15) is 0 Å². The Bertz CT molecular complexity index is 368. The van der Waals surface area contributed by atoms with Crippen molar-refractivity contribution < 1.29 is 29.7 Å². The standard InChI is InChI=1S/3C9H18O2.In/c3*1-2-3-4-5-6-7-8-9(10)11;/h3*2-8H2,1H3,(H,10,11);/q;;;+3/p-3. The van der Waals surface area contributed by atoms with Crippen molar-refractivity contribution in [2.75, 3.05) is 0 Å². The van der Waals surface area contributed by atoms with Gasteiger partial charge in [0.2, 0.25) is 0 Å². The Labute approximate surface area is 228 Å². The van der Waals surface area contributed by atoms with Crippen LogP contribution in [0.25, 0.3) is 0 Å². The molecule has 0 N–H and O–H groups in total. The first kappa shape index (κ1) is 40.4. The number of carboxylic acids is 3. The fourth-order valence-electron chi connectivity index (χ4n) is 3.15. The number of carboxylic acid groups (broad SMARTS) is 3. The van der Waals surface area contributed by atoms with Crippen LogP contribution in [0, 0.1) is 0 Å². The van der Waals surface area contributed by atoms with Crippen LogP contribution in [0.3, 0.4) is 0 Å². The second kappa shape index (κ2) is 36.8. The predicted octanol–water partition coefficient (Wildman–Crippen LogP) is 4.08. The van der Waals surface area contributed by atoms with Crippen molar-refractivity contribution in [2.24, 2.45) is 0 Å². The minimum absolute atomic E-state index is 0. The third-order valence-corrected chi connectivity index (χ3v) is 5.20. The van der Waals surface area contributed by atoms with Gasteiger partial charge in [0.05, 0.1) is 0 Å². The zero-order chi connectivity index (χ0) is 25.6. The molecule has 7 heteroatoms. The first-order valence-electron chi connectivity index (χ1n) is 13.4. The number of hydrogen-bond donors (Lipinski definition) is 0. The maximum absolute atomic E-state index is 9.98. The quantitative estimate of drug-likeness (QED) is 0.187. The van der Waals surface area contributed by atoms with Crippen LogP contribution in [0.4, 0.5) is 0 Å². The Morgan fingerprint density at radius 2 is 0.559 bits per heavy atom. The van der Waals surface area contributed by atoms with Gasteiger partial charge in [-0.1, -0.05) is 117 Å². The molecule has 0 aliphatic carbocycles. The van der Waals surface area contributed by atoms with Crippen molar-refractivity contribution in [3.8, 4) is 0 Å². The topological polar surface area (TPSA) is 120 Å². The Hall–Kier alpha value is -0.720. The van der Waals surface area contributed by atoms with E-state index in [1.54, 1.807) is 0 Å². The van der Waals surface area contributed by atoms with Crippen LogP contribution < -0.4 is 15.3 Å². The van der Waals surface area contributed by atoms with Gasteiger partial charge in [-0.3, -0.25) is 0 Å². The van der Waals surface area contributed by atoms with E-state index in [9.17, 15) is 29.7 Å². The van der Waals surface area contributed by atoms with Crippen molar-refractivity contribution >= 4 is 43.8 Å². The molecule has 6 nitrogen and oxygen atoms in total. The molecule has 0 atom stereocenters. The predicted molar refractivity (Wildman–Crippen MR) is 135 cm³/mol. The number of aliphatic carboxylic acids is 3. The van der Waals surface area contributed by atoms with E-state index in [-0.39, 0.29) is 45.1 Å². The summed E-state index contributed by atoms with van der Waals surface area (Å²) in [5, 5.41) is 29.9. The van der Waals surface area contributed by atoms with E-state index in [0.29, 0.717) is 0 Å². The van der Waals surface area contributed by atoms with E-state index in [0.717, 1.165) is 38.5 Å². The van der Waals surface area contributed by atoms with Crippen LogP contribution in [0.5, 0.6) is 0 Å². The third-order valence-electron chi connectivity index (χ3n) is 5.20. The summed E-state index contributed by atoms with van der Waals surface area (Å²) in [5.74, 6) is -2.75. The average Bonchev–Trinajstić information content (AvgIpc) is 2.76. The number of unbranched alkanes of at least 4 members (excludes halogenated alkanes) is 15. The Balaban J connectivity index is -0.000000196. The van der Waals surface area contributed by atoms with Crippen LogP contribution >= 0.6 is 0 Å². The number of hydrogen-bond acceptors (Lipinski definition) is 6. The molecule has 0 aromatic heterocycles. The van der Waals surface area contributed by atoms with E-state index < -0.39 is 17.9 Å². The van der Waals surface area contributed by atoms with Crippen molar-refractivity contribution in [1.82, 2.24) is 0 Å². The van der Waals surface area contributed by atoms with Gasteiger partial charge in [0.15, 0.2) is 0 Å². The summed E-state index contributed by atoms with van der Waals surface area (Å²) in [6, 6.07) is 0. The summed E-state index contributed by atoms with van der Waals surface area (Å²) in [5.41, 5.74) is 0. The Kier molecular flexibility index (Phi) is 43.8. The van der Waals surface area contributed by atoms with Gasteiger partial charge in [0, 0.05) is 17.9 Å². The van der Waals surface area contributed by atoms with Gasteiger partial charge >= 0.3 is 25.8 Å². The fraction of sp³-hybridized carbons (Fsp3) is 0.889. The molecule has 0 heterocycles. The van der Waals surface area contributed by atoms with Crippen molar-refractivity contribution in [3.63, 3.8) is 0 Å². The summed E-state index contributed by atoms with van der Waals surface area (Å²) in [6.45, 7) is 6.50. The molecule has 198 valence electrons. The molecule has 0 radical (unpaired) electrons. The number of carbonyl (C=O) groups excluding carboxylic acids is 3. The van der Waals surface area contributed by atoms with Gasteiger partial charge in [0.1, 0.15) is 0 Å². The van der Waals surface area contributed by atoms with Gasteiger partial charge in [0.25, 0.3) is 0 Å². The summed E-state index contributed by atoms with van der Waals surface area (Å²) >= 11 is 0. The summed E-state index contributed by atoms with van der Waals surface area (Å²) in [4.78, 5) is 29.9. The van der Waals surface area contributed by atoms with Crippen LogP contribution in [0.15, 0.2) is 0 Å². The molecular formula is C27H51InO6. The van der Waals surface area contributed by atoms with E-state index >= 15 is 0 Å². The van der Waals surface area contributed by atoms with Crippen LogP contribution in [0.1, 0.15) is 156 Å². The zero-order valence-electron chi connectivity index (χ0n) is 22.4. The van der Waals surface area contributed by atoms with Crippen molar-refractivity contribution in [3.05, 3.63) is 0 Å². The van der Waals surface area contributed by atoms with Gasteiger partial charge in [-0.15, -0.1) is 0 Å². The Morgan fingerprint density at radius 1 is 0.382 bits per heavy atom. The number of carbonyl (C=O) groups is 3. The smallest absolute Gasteiger partial charge is 0.550 e. The minimum Gasteiger partial charge on any atom is -0.550 e. The van der Waals surface area contributed by atoms with Gasteiger partial charge in [-0.25, -0.2) is 0 Å². The molecule has 0 bridgehead atoms. The molecule has 0 aliphatic rings. The average molecular weight is 587 g/mol. The molecule has 0 amide bonds. The molecule has 0 unspecified atom stereocenters. The van der Waals surface area contributed by atoms with E-state index in [1.165, 1.54) is 77.0 Å². The van der Waals surface area contributed by atoms with Gasteiger partial charge in [-0.05, 0) is 38.5 Å². The van der Waals surface area contributed by atoms with E-state index in [2.05, 4.69) is 20.8 Å². The molecule has 34 heavy (non-hydrogen) atoms. The molecule has 0 fully saturated rings. The molecule has 0 spiro atoms.